The van der Waals surface area contributed by atoms with Gasteiger partial charge in [0.25, 0.3) is 0 Å². The Balaban J connectivity index is 1.71. The van der Waals surface area contributed by atoms with Crippen LogP contribution in [0.25, 0.3) is 0 Å². The summed E-state index contributed by atoms with van der Waals surface area (Å²) >= 11 is -0.120. The number of hydrogen-bond donors (Lipinski definition) is 2. The van der Waals surface area contributed by atoms with Crippen LogP contribution in [0.5, 0.6) is 0 Å². The zero-order valence-corrected chi connectivity index (χ0v) is 12.1. The predicted octanol–water partition coefficient (Wildman–Crippen LogP) is 0.723. The third-order valence-corrected chi connectivity index (χ3v) is 3.80. The van der Waals surface area contributed by atoms with E-state index in [1.54, 1.807) is 6.20 Å². The van der Waals surface area contributed by atoms with Crippen LogP contribution in [0.4, 0.5) is 17.1 Å². The molecule has 1 aromatic heterocycles. The van der Waals surface area contributed by atoms with Crippen molar-refractivity contribution in [1.29, 1.82) is 0 Å². The van der Waals surface area contributed by atoms with Gasteiger partial charge in [0.15, 0.2) is 0 Å². The first-order valence-electron chi connectivity index (χ1n) is 5.86. The molecular formula is C11H11N7OSe. The van der Waals surface area contributed by atoms with Crippen molar-refractivity contribution in [3.8, 4) is 0 Å². The van der Waals surface area contributed by atoms with Crippen LogP contribution in [-0.4, -0.2) is 35.5 Å². The van der Waals surface area contributed by atoms with Crippen molar-refractivity contribution in [3.05, 3.63) is 30.1 Å². The van der Waals surface area contributed by atoms with E-state index in [2.05, 4.69) is 23.6 Å². The van der Waals surface area contributed by atoms with Crippen LogP contribution in [0.3, 0.4) is 0 Å². The second-order valence-electron chi connectivity index (χ2n) is 4.10. The number of fused-ring (bicyclic) bond motifs is 1. The van der Waals surface area contributed by atoms with Gasteiger partial charge in [-0.2, -0.15) is 0 Å². The van der Waals surface area contributed by atoms with Crippen LogP contribution in [0.2, 0.25) is 0 Å². The SMILES string of the molecule is NCc1cn(CC(=O)Nc2cccc3c2N=[Se]=N3)nn1. The van der Waals surface area contributed by atoms with Gasteiger partial charge in [-0.1, -0.05) is 0 Å². The molecule has 1 aliphatic rings. The average molecular weight is 336 g/mol. The summed E-state index contributed by atoms with van der Waals surface area (Å²) in [4.78, 5) is 12.0. The zero-order valence-electron chi connectivity index (χ0n) is 10.4. The van der Waals surface area contributed by atoms with Crippen LogP contribution in [0.1, 0.15) is 5.69 Å². The van der Waals surface area contributed by atoms with E-state index < -0.39 is 0 Å². The van der Waals surface area contributed by atoms with E-state index in [1.807, 2.05) is 18.2 Å². The number of benzene rings is 1. The predicted molar refractivity (Wildman–Crippen MR) is 72.9 cm³/mol. The van der Waals surface area contributed by atoms with Crippen molar-refractivity contribution in [2.75, 3.05) is 5.32 Å². The molecular weight excluding hydrogens is 325 g/mol. The third kappa shape index (κ3) is 2.60. The normalized spacial score (nSPS) is 12.1. The Kier molecular flexibility index (Phi) is 3.55. The summed E-state index contributed by atoms with van der Waals surface area (Å²) in [5, 5.41) is 10.5. The minimum atomic E-state index is -0.193. The summed E-state index contributed by atoms with van der Waals surface area (Å²) in [5.74, 6) is -0.193. The molecule has 0 unspecified atom stereocenters. The zero-order chi connectivity index (χ0) is 13.9. The van der Waals surface area contributed by atoms with Gasteiger partial charge in [-0.25, -0.2) is 0 Å². The Morgan fingerprint density at radius 2 is 2.30 bits per heavy atom. The van der Waals surface area contributed by atoms with Gasteiger partial charge in [-0.3, -0.25) is 0 Å². The first-order chi connectivity index (χ1) is 9.76. The number of hydrogen-bond acceptors (Lipinski definition) is 6. The standard InChI is InChI=1S/C11H11N7OSe/c12-4-7-5-18(17-14-7)6-10(19)13-8-2-1-3-9-11(8)16-20-15-9/h1-3,5H,4,6,12H2,(H,13,19). The second-order valence-corrected chi connectivity index (χ2v) is 5.21. The van der Waals surface area contributed by atoms with Gasteiger partial charge in [0.1, 0.15) is 0 Å². The Labute approximate surface area is 120 Å². The van der Waals surface area contributed by atoms with Crippen molar-refractivity contribution in [1.82, 2.24) is 15.0 Å². The topological polar surface area (TPSA) is 111 Å². The molecule has 2 aromatic rings. The Morgan fingerprint density at radius 3 is 3.10 bits per heavy atom. The fraction of sp³-hybridized carbons (Fsp3) is 0.182. The van der Waals surface area contributed by atoms with E-state index >= 15 is 0 Å². The van der Waals surface area contributed by atoms with Crippen molar-refractivity contribution in [2.45, 2.75) is 13.1 Å². The fourth-order valence-corrected chi connectivity index (χ4v) is 2.91. The maximum atomic E-state index is 12.0. The summed E-state index contributed by atoms with van der Waals surface area (Å²) < 4.78 is 10.0. The molecule has 3 N–H and O–H groups in total. The van der Waals surface area contributed by atoms with Gasteiger partial charge in [0.2, 0.25) is 0 Å². The van der Waals surface area contributed by atoms with E-state index in [-0.39, 0.29) is 27.0 Å². The molecule has 2 heterocycles. The summed E-state index contributed by atoms with van der Waals surface area (Å²) in [6, 6.07) is 5.54. The van der Waals surface area contributed by atoms with Crippen molar-refractivity contribution < 1.29 is 4.79 Å². The Bertz CT molecular complexity index is 732. The number of nitrogens with one attached hydrogen (secondary N) is 1. The number of amides is 1. The van der Waals surface area contributed by atoms with Crippen LogP contribution in [0, 0.1) is 0 Å². The van der Waals surface area contributed by atoms with E-state index in [1.165, 1.54) is 4.68 Å². The molecule has 0 aliphatic carbocycles. The molecule has 9 heteroatoms. The van der Waals surface area contributed by atoms with Crippen molar-refractivity contribution in [2.24, 2.45) is 13.7 Å². The van der Waals surface area contributed by atoms with Crippen LogP contribution in [0.15, 0.2) is 32.3 Å². The second kappa shape index (κ2) is 5.49. The number of rotatable bonds is 4. The summed E-state index contributed by atoms with van der Waals surface area (Å²) in [6.45, 7) is 0.384. The summed E-state index contributed by atoms with van der Waals surface area (Å²) in [5.41, 5.74) is 8.35. The summed E-state index contributed by atoms with van der Waals surface area (Å²) in [7, 11) is 0. The number of carbonyl (C=O) groups is 1. The fourth-order valence-electron chi connectivity index (χ4n) is 1.75. The van der Waals surface area contributed by atoms with Crippen LogP contribution >= 0.6 is 0 Å². The van der Waals surface area contributed by atoms with Gasteiger partial charge in [0, 0.05) is 0 Å². The molecule has 1 aliphatic heterocycles. The molecule has 0 radical (unpaired) electrons. The van der Waals surface area contributed by atoms with Crippen molar-refractivity contribution >= 4 is 37.5 Å². The molecule has 1 aromatic carbocycles. The van der Waals surface area contributed by atoms with E-state index in [4.69, 9.17) is 5.73 Å². The molecule has 1 amide bonds. The first kappa shape index (κ1) is 12.9. The van der Waals surface area contributed by atoms with E-state index in [0.717, 1.165) is 11.4 Å². The van der Waals surface area contributed by atoms with Crippen molar-refractivity contribution in [3.63, 3.8) is 0 Å². The molecule has 0 saturated carbocycles. The Hall–Kier alpha value is -2.09. The molecule has 0 spiro atoms. The van der Waals surface area contributed by atoms with Gasteiger partial charge in [-0.05, 0) is 0 Å². The summed E-state index contributed by atoms with van der Waals surface area (Å²) in [6.07, 6.45) is 1.65. The number of anilines is 1. The maximum absolute atomic E-state index is 12.0. The minimum absolute atomic E-state index is 0.0823. The first-order valence-corrected chi connectivity index (χ1v) is 7.39. The number of carbonyl (C=O) groups excluding carboxylic acids is 1. The quantitative estimate of drug-likeness (QED) is 0.684. The third-order valence-electron chi connectivity index (χ3n) is 2.66. The number of nitrogens with two attached hydrogens (primary N) is 1. The average Bonchev–Trinajstić information content (AvgIpc) is 3.07. The molecule has 3 rings (SSSR count). The molecule has 0 atom stereocenters. The van der Waals surface area contributed by atoms with E-state index in [0.29, 0.717) is 17.9 Å². The molecule has 8 nitrogen and oxygen atoms in total. The van der Waals surface area contributed by atoms with Crippen LogP contribution < -0.4 is 11.1 Å². The molecule has 20 heavy (non-hydrogen) atoms. The molecule has 0 saturated heterocycles. The monoisotopic (exact) mass is 337 g/mol. The molecule has 0 bridgehead atoms. The Morgan fingerprint density at radius 1 is 1.40 bits per heavy atom. The van der Waals surface area contributed by atoms with Gasteiger partial charge in [-0.15, -0.1) is 0 Å². The molecule has 0 fully saturated rings. The van der Waals surface area contributed by atoms with Gasteiger partial charge < -0.3 is 0 Å². The van der Waals surface area contributed by atoms with Crippen LogP contribution in [-0.2, 0) is 17.9 Å². The number of aromatic nitrogens is 3. The van der Waals surface area contributed by atoms with Gasteiger partial charge in [0.05, 0.1) is 0 Å². The van der Waals surface area contributed by atoms with E-state index in [9.17, 15) is 4.79 Å². The van der Waals surface area contributed by atoms with Gasteiger partial charge >= 0.3 is 119 Å². The molecule has 102 valence electrons. The number of nitrogens with zero attached hydrogens (tertiary/aromatic N) is 5.